The Hall–Kier alpha value is -1.74. The van der Waals surface area contributed by atoms with Crippen molar-refractivity contribution >= 4 is 28.5 Å². The van der Waals surface area contributed by atoms with Gasteiger partial charge in [0.25, 0.3) is 0 Å². The van der Waals surface area contributed by atoms with Gasteiger partial charge in [0.05, 0.1) is 0 Å². The summed E-state index contributed by atoms with van der Waals surface area (Å²) in [6.45, 7) is 5.47. The molecule has 0 bridgehead atoms. The molecule has 2 aromatic carbocycles. The molecule has 0 saturated heterocycles. The molecular weight excluding hydrogens is 244 g/mol. The second-order valence-electron chi connectivity index (χ2n) is 4.07. The quantitative estimate of drug-likeness (QED) is 0.666. The Bertz CT molecular complexity index is 599. The summed E-state index contributed by atoms with van der Waals surface area (Å²) in [5.74, 6) is -0.935. The summed E-state index contributed by atoms with van der Waals surface area (Å²) in [6, 6.07) is 14.1. The lowest BCUT2D eigenvalue weighted by molar-refractivity contribution is -0.132. The van der Waals surface area contributed by atoms with Gasteiger partial charge >= 0.3 is 5.97 Å². The van der Waals surface area contributed by atoms with E-state index in [9.17, 15) is 4.79 Å². The van der Waals surface area contributed by atoms with Crippen molar-refractivity contribution in [2.24, 2.45) is 0 Å². The van der Waals surface area contributed by atoms with Crippen LogP contribution in [0.5, 0.6) is 0 Å². The first-order valence-electron chi connectivity index (χ1n) is 5.66. The predicted octanol–water partition coefficient (Wildman–Crippen LogP) is 3.96. The van der Waals surface area contributed by atoms with Crippen molar-refractivity contribution in [3.8, 4) is 0 Å². The minimum absolute atomic E-state index is 0.145. The van der Waals surface area contributed by atoms with E-state index in [-0.39, 0.29) is 10.8 Å². The summed E-state index contributed by atoms with van der Waals surface area (Å²) in [7, 11) is 0. The summed E-state index contributed by atoms with van der Waals surface area (Å²) < 4.78 is 0. The Kier molecular flexibility index (Phi) is 3.72. The average molecular weight is 258 g/mol. The molecule has 92 valence electrons. The highest BCUT2D eigenvalue weighted by atomic mass is 32.2. The molecule has 2 rings (SSSR count). The number of fused-ring (bicyclic) bond motifs is 1. The van der Waals surface area contributed by atoms with E-state index in [0.717, 1.165) is 15.7 Å². The summed E-state index contributed by atoms with van der Waals surface area (Å²) in [4.78, 5) is 12.0. The van der Waals surface area contributed by atoms with Gasteiger partial charge in [0.15, 0.2) is 0 Å². The number of rotatable bonds is 4. The topological polar surface area (TPSA) is 37.3 Å². The van der Waals surface area contributed by atoms with Crippen molar-refractivity contribution in [1.82, 2.24) is 0 Å². The van der Waals surface area contributed by atoms with E-state index in [0.29, 0.717) is 0 Å². The van der Waals surface area contributed by atoms with Gasteiger partial charge in [-0.05, 0) is 23.8 Å². The average Bonchev–Trinajstić information content (AvgIpc) is 2.38. The van der Waals surface area contributed by atoms with Gasteiger partial charge in [-0.25, -0.2) is 4.79 Å². The van der Waals surface area contributed by atoms with E-state index in [1.54, 1.807) is 0 Å². The highest BCUT2D eigenvalue weighted by Gasteiger charge is 2.15. The zero-order chi connectivity index (χ0) is 13.1. The maximum Gasteiger partial charge on any atom is 0.332 e. The summed E-state index contributed by atoms with van der Waals surface area (Å²) in [5.41, 5.74) is 0.230. The minimum atomic E-state index is -0.935. The molecule has 0 spiro atoms. The number of hydrogen-bond donors (Lipinski definition) is 1. The number of benzene rings is 2. The van der Waals surface area contributed by atoms with Crippen LogP contribution in [0.1, 0.15) is 6.92 Å². The number of hydrogen-bond acceptors (Lipinski definition) is 2. The molecule has 1 atom stereocenters. The van der Waals surface area contributed by atoms with Gasteiger partial charge in [-0.3, -0.25) is 0 Å². The van der Waals surface area contributed by atoms with Crippen LogP contribution < -0.4 is 0 Å². The largest absolute Gasteiger partial charge is 0.478 e. The molecule has 0 aliphatic carbocycles. The Balaban J connectivity index is 2.32. The lowest BCUT2D eigenvalue weighted by Gasteiger charge is -2.12. The van der Waals surface area contributed by atoms with Crippen LogP contribution in [0.25, 0.3) is 10.8 Å². The molecular formula is C15H14O2S. The van der Waals surface area contributed by atoms with Crippen molar-refractivity contribution in [2.45, 2.75) is 17.1 Å². The van der Waals surface area contributed by atoms with E-state index in [2.05, 4.69) is 18.7 Å². The second-order valence-corrected chi connectivity index (χ2v) is 5.45. The fourth-order valence-electron chi connectivity index (χ4n) is 1.73. The lowest BCUT2D eigenvalue weighted by Crippen LogP contribution is -2.10. The zero-order valence-electron chi connectivity index (χ0n) is 10.1. The van der Waals surface area contributed by atoms with Crippen molar-refractivity contribution in [2.75, 3.05) is 0 Å². The lowest BCUT2D eigenvalue weighted by atomic mass is 10.1. The molecule has 0 radical (unpaired) electrons. The molecule has 3 heteroatoms. The van der Waals surface area contributed by atoms with Crippen LogP contribution in [-0.2, 0) is 4.79 Å². The van der Waals surface area contributed by atoms with Gasteiger partial charge in [0.2, 0.25) is 0 Å². The van der Waals surface area contributed by atoms with Gasteiger partial charge in [-0.2, -0.15) is 0 Å². The summed E-state index contributed by atoms with van der Waals surface area (Å²) in [6.07, 6.45) is 0. The van der Waals surface area contributed by atoms with E-state index in [1.165, 1.54) is 11.8 Å². The zero-order valence-corrected chi connectivity index (χ0v) is 10.9. The van der Waals surface area contributed by atoms with Crippen molar-refractivity contribution < 1.29 is 9.90 Å². The van der Waals surface area contributed by atoms with Crippen LogP contribution in [0.15, 0.2) is 59.5 Å². The van der Waals surface area contributed by atoms with Crippen molar-refractivity contribution in [3.63, 3.8) is 0 Å². The SMILES string of the molecule is C=C(C(=O)O)C(C)Sc1cccc2ccccc12. The van der Waals surface area contributed by atoms with Gasteiger partial charge < -0.3 is 5.11 Å². The summed E-state index contributed by atoms with van der Waals surface area (Å²) >= 11 is 1.53. The van der Waals surface area contributed by atoms with Crippen molar-refractivity contribution in [3.05, 3.63) is 54.6 Å². The van der Waals surface area contributed by atoms with Gasteiger partial charge in [0, 0.05) is 15.7 Å². The first kappa shape index (κ1) is 12.7. The van der Waals surface area contributed by atoms with E-state index >= 15 is 0 Å². The predicted molar refractivity (Wildman–Crippen MR) is 76.0 cm³/mol. The molecule has 0 heterocycles. The smallest absolute Gasteiger partial charge is 0.332 e. The fraction of sp³-hybridized carbons (Fsp3) is 0.133. The molecule has 0 aliphatic heterocycles. The normalized spacial score (nSPS) is 12.3. The number of carboxylic acids is 1. The number of aliphatic carboxylic acids is 1. The Morgan fingerprint density at radius 3 is 2.61 bits per heavy atom. The maximum atomic E-state index is 10.9. The molecule has 0 saturated carbocycles. The molecule has 0 amide bonds. The van der Waals surface area contributed by atoms with E-state index < -0.39 is 5.97 Å². The van der Waals surface area contributed by atoms with E-state index in [4.69, 9.17) is 5.11 Å². The highest BCUT2D eigenvalue weighted by molar-refractivity contribution is 8.00. The first-order valence-corrected chi connectivity index (χ1v) is 6.54. The van der Waals surface area contributed by atoms with Crippen LogP contribution in [-0.4, -0.2) is 16.3 Å². The fourth-order valence-corrected chi connectivity index (χ4v) is 2.83. The molecule has 0 aromatic heterocycles. The number of thioether (sulfide) groups is 1. The third kappa shape index (κ3) is 2.57. The highest BCUT2D eigenvalue weighted by Crippen LogP contribution is 2.32. The molecule has 1 N–H and O–H groups in total. The van der Waals surface area contributed by atoms with Crippen LogP contribution in [0.4, 0.5) is 0 Å². The maximum absolute atomic E-state index is 10.9. The monoisotopic (exact) mass is 258 g/mol. The van der Waals surface area contributed by atoms with Gasteiger partial charge in [-0.15, -0.1) is 11.8 Å². The minimum Gasteiger partial charge on any atom is -0.478 e. The molecule has 2 nitrogen and oxygen atoms in total. The molecule has 18 heavy (non-hydrogen) atoms. The summed E-state index contributed by atoms with van der Waals surface area (Å²) in [5, 5.41) is 11.1. The third-order valence-corrected chi connectivity index (χ3v) is 4.07. The van der Waals surface area contributed by atoms with Crippen LogP contribution in [0, 0.1) is 0 Å². The van der Waals surface area contributed by atoms with Gasteiger partial charge in [0.1, 0.15) is 0 Å². The molecule has 2 aromatic rings. The first-order chi connectivity index (χ1) is 8.59. The van der Waals surface area contributed by atoms with Crippen LogP contribution in [0.3, 0.4) is 0 Å². The Morgan fingerprint density at radius 1 is 1.22 bits per heavy atom. The number of carboxylic acid groups (broad SMARTS) is 1. The van der Waals surface area contributed by atoms with Crippen LogP contribution >= 0.6 is 11.8 Å². The molecule has 0 fully saturated rings. The molecule has 1 unspecified atom stereocenters. The second kappa shape index (κ2) is 5.27. The Labute approximate surface area is 110 Å². The van der Waals surface area contributed by atoms with Crippen molar-refractivity contribution in [1.29, 1.82) is 0 Å². The Morgan fingerprint density at radius 2 is 1.89 bits per heavy atom. The standard InChI is InChI=1S/C15H14O2S/c1-10(15(16)17)11(2)18-14-9-5-7-12-6-3-4-8-13(12)14/h3-9,11H,1H2,2H3,(H,16,17). The number of carbonyl (C=O) groups is 1. The van der Waals surface area contributed by atoms with Gasteiger partial charge in [-0.1, -0.05) is 43.0 Å². The third-order valence-electron chi connectivity index (χ3n) is 2.82. The van der Waals surface area contributed by atoms with E-state index in [1.807, 2.05) is 37.3 Å². The van der Waals surface area contributed by atoms with Crippen LogP contribution in [0.2, 0.25) is 0 Å². The molecule has 0 aliphatic rings.